The zero-order valence-electron chi connectivity index (χ0n) is 12.3. The van der Waals surface area contributed by atoms with E-state index in [2.05, 4.69) is 5.32 Å². The molecule has 0 radical (unpaired) electrons. The number of ether oxygens (including phenoxy) is 2. The minimum Gasteiger partial charge on any atom is -0.484 e. The van der Waals surface area contributed by atoms with E-state index in [-0.39, 0.29) is 35.4 Å². The van der Waals surface area contributed by atoms with Gasteiger partial charge < -0.3 is 14.8 Å². The van der Waals surface area contributed by atoms with E-state index in [4.69, 9.17) is 9.47 Å². The second-order valence-corrected chi connectivity index (χ2v) is 6.61. The Hall–Kier alpha value is -2.15. The van der Waals surface area contributed by atoms with E-state index in [1.165, 1.54) is 6.07 Å². The van der Waals surface area contributed by atoms with Gasteiger partial charge in [0.1, 0.15) is 29.2 Å². The van der Waals surface area contributed by atoms with E-state index in [0.29, 0.717) is 5.75 Å². The number of nitrogens with one attached hydrogen (secondary N) is 1. The van der Waals surface area contributed by atoms with E-state index >= 15 is 0 Å². The molecule has 4 rings (SSSR count). The van der Waals surface area contributed by atoms with Gasteiger partial charge in [0.05, 0.1) is 11.0 Å². The molecule has 1 aliphatic carbocycles. The van der Waals surface area contributed by atoms with Crippen LogP contribution in [-0.4, -0.2) is 22.5 Å². The standard InChI is InChI=1S/C15H16N2O5/c1-15(2)13-12(21-13)8-5-9(16-14(18)7-3-4-7)10(17(19)20)6-11(8)22-15/h5-7,12-13H,3-4H2,1-2H3,(H,16,18). The quantitative estimate of drug-likeness (QED) is 0.526. The molecule has 1 saturated heterocycles. The number of fused-ring (bicyclic) bond motifs is 3. The zero-order chi connectivity index (χ0) is 15.6. The average Bonchev–Trinajstić information content (AvgIpc) is 3.29. The van der Waals surface area contributed by atoms with Gasteiger partial charge in [-0.05, 0) is 32.8 Å². The van der Waals surface area contributed by atoms with Gasteiger partial charge in [-0.2, -0.15) is 0 Å². The summed E-state index contributed by atoms with van der Waals surface area (Å²) in [4.78, 5) is 22.7. The fraction of sp³-hybridized carbons (Fsp3) is 0.533. The van der Waals surface area contributed by atoms with Gasteiger partial charge in [0.2, 0.25) is 5.91 Å². The predicted octanol–water partition coefficient (Wildman–Crippen LogP) is 2.55. The summed E-state index contributed by atoms with van der Waals surface area (Å²) >= 11 is 0. The van der Waals surface area contributed by atoms with Crippen molar-refractivity contribution in [2.45, 2.75) is 44.5 Å². The summed E-state index contributed by atoms with van der Waals surface area (Å²) in [6, 6.07) is 3.01. The molecule has 2 heterocycles. The molecule has 7 heteroatoms. The van der Waals surface area contributed by atoms with E-state index in [1.807, 2.05) is 13.8 Å². The summed E-state index contributed by atoms with van der Waals surface area (Å²) in [5.41, 5.74) is 0.325. The molecule has 116 valence electrons. The molecular formula is C15H16N2O5. The lowest BCUT2D eigenvalue weighted by Gasteiger charge is -2.29. The Morgan fingerprint density at radius 3 is 2.77 bits per heavy atom. The first kappa shape index (κ1) is 13.5. The molecule has 0 bridgehead atoms. The molecule has 2 aliphatic heterocycles. The lowest BCUT2D eigenvalue weighted by molar-refractivity contribution is -0.384. The minimum absolute atomic E-state index is 0.0178. The topological polar surface area (TPSA) is 94.0 Å². The number of nitrogens with zero attached hydrogens (tertiary/aromatic N) is 1. The van der Waals surface area contributed by atoms with Crippen molar-refractivity contribution in [2.24, 2.45) is 5.92 Å². The van der Waals surface area contributed by atoms with Crippen LogP contribution in [0.1, 0.15) is 38.4 Å². The lowest BCUT2D eigenvalue weighted by atomic mass is 9.93. The molecule has 0 aromatic heterocycles. The van der Waals surface area contributed by atoms with Crippen molar-refractivity contribution < 1.29 is 19.2 Å². The van der Waals surface area contributed by atoms with Crippen LogP contribution < -0.4 is 10.1 Å². The smallest absolute Gasteiger partial charge is 0.296 e. The molecule has 2 atom stereocenters. The van der Waals surface area contributed by atoms with Gasteiger partial charge in [0.25, 0.3) is 5.69 Å². The number of nitro groups is 1. The van der Waals surface area contributed by atoms with E-state index < -0.39 is 10.5 Å². The van der Waals surface area contributed by atoms with Gasteiger partial charge in [0, 0.05) is 11.5 Å². The van der Waals surface area contributed by atoms with Gasteiger partial charge in [-0.15, -0.1) is 0 Å². The Balaban J connectivity index is 1.74. The van der Waals surface area contributed by atoms with E-state index in [0.717, 1.165) is 18.4 Å². The highest BCUT2D eigenvalue weighted by atomic mass is 16.6. The maximum absolute atomic E-state index is 11.9. The minimum atomic E-state index is -0.510. The molecule has 22 heavy (non-hydrogen) atoms. The first-order valence-electron chi connectivity index (χ1n) is 7.34. The monoisotopic (exact) mass is 304 g/mol. The summed E-state index contributed by atoms with van der Waals surface area (Å²) in [6.45, 7) is 3.80. The number of nitro benzene ring substituents is 1. The van der Waals surface area contributed by atoms with Crippen molar-refractivity contribution in [1.82, 2.24) is 0 Å². The van der Waals surface area contributed by atoms with Crippen LogP contribution in [0.15, 0.2) is 12.1 Å². The molecule has 1 saturated carbocycles. The number of anilines is 1. The molecule has 2 fully saturated rings. The summed E-state index contributed by atoms with van der Waals surface area (Å²) in [6.07, 6.45) is 1.52. The molecule has 1 aromatic carbocycles. The van der Waals surface area contributed by atoms with Crippen molar-refractivity contribution in [3.8, 4) is 5.75 Å². The Labute approximate surface area is 126 Å². The van der Waals surface area contributed by atoms with Crippen LogP contribution in [0.5, 0.6) is 5.75 Å². The fourth-order valence-electron chi connectivity index (χ4n) is 2.95. The second kappa shape index (κ2) is 4.19. The largest absolute Gasteiger partial charge is 0.484 e. The Kier molecular flexibility index (Phi) is 2.57. The van der Waals surface area contributed by atoms with Crippen molar-refractivity contribution in [3.05, 3.63) is 27.8 Å². The van der Waals surface area contributed by atoms with Gasteiger partial charge in [0.15, 0.2) is 0 Å². The van der Waals surface area contributed by atoms with Gasteiger partial charge in [-0.3, -0.25) is 14.9 Å². The highest BCUT2D eigenvalue weighted by molar-refractivity contribution is 5.96. The normalized spacial score (nSPS) is 27.2. The molecule has 7 nitrogen and oxygen atoms in total. The van der Waals surface area contributed by atoms with Gasteiger partial charge in [-0.1, -0.05) is 0 Å². The van der Waals surface area contributed by atoms with Crippen molar-refractivity contribution in [1.29, 1.82) is 0 Å². The van der Waals surface area contributed by atoms with Crippen LogP contribution in [0, 0.1) is 16.0 Å². The van der Waals surface area contributed by atoms with Crippen molar-refractivity contribution in [2.75, 3.05) is 5.32 Å². The molecule has 1 aromatic rings. The maximum Gasteiger partial charge on any atom is 0.296 e. The van der Waals surface area contributed by atoms with Crippen molar-refractivity contribution >= 4 is 17.3 Å². The van der Waals surface area contributed by atoms with Crippen LogP contribution in [0.4, 0.5) is 11.4 Å². The van der Waals surface area contributed by atoms with Crippen LogP contribution in [0.3, 0.4) is 0 Å². The number of benzene rings is 1. The maximum atomic E-state index is 11.9. The number of rotatable bonds is 3. The van der Waals surface area contributed by atoms with Gasteiger partial charge >= 0.3 is 0 Å². The first-order valence-corrected chi connectivity index (χ1v) is 7.34. The first-order chi connectivity index (χ1) is 10.4. The van der Waals surface area contributed by atoms with Crippen LogP contribution in [0.25, 0.3) is 0 Å². The number of amides is 1. The van der Waals surface area contributed by atoms with Gasteiger partial charge in [-0.25, -0.2) is 0 Å². The Bertz CT molecular complexity index is 695. The molecular weight excluding hydrogens is 288 g/mol. The summed E-state index contributed by atoms with van der Waals surface area (Å²) in [5, 5.41) is 14.0. The molecule has 2 unspecified atom stereocenters. The summed E-state index contributed by atoms with van der Waals surface area (Å²) in [5.74, 6) is 0.281. The molecule has 1 amide bonds. The number of epoxide rings is 1. The lowest BCUT2D eigenvalue weighted by Crippen LogP contribution is -2.37. The highest BCUT2D eigenvalue weighted by Crippen LogP contribution is 2.55. The third kappa shape index (κ3) is 2.04. The molecule has 0 spiro atoms. The van der Waals surface area contributed by atoms with Crippen molar-refractivity contribution in [3.63, 3.8) is 0 Å². The Morgan fingerprint density at radius 1 is 1.41 bits per heavy atom. The van der Waals surface area contributed by atoms with Crippen LogP contribution in [0.2, 0.25) is 0 Å². The van der Waals surface area contributed by atoms with Crippen LogP contribution >= 0.6 is 0 Å². The second-order valence-electron chi connectivity index (χ2n) is 6.61. The number of hydrogen-bond acceptors (Lipinski definition) is 5. The third-order valence-electron chi connectivity index (χ3n) is 4.39. The SMILES string of the molecule is CC1(C)Oc2cc([N+](=O)[O-])c(NC(=O)C3CC3)cc2C2OC21. The molecule has 1 N–H and O–H groups in total. The summed E-state index contributed by atoms with van der Waals surface area (Å²) < 4.78 is 11.5. The molecule has 3 aliphatic rings. The predicted molar refractivity (Wildman–Crippen MR) is 76.8 cm³/mol. The number of carbonyl (C=O) groups excluding carboxylic acids is 1. The Morgan fingerprint density at radius 2 is 2.14 bits per heavy atom. The van der Waals surface area contributed by atoms with Crippen LogP contribution in [-0.2, 0) is 9.53 Å². The highest BCUT2D eigenvalue weighted by Gasteiger charge is 2.57. The number of carbonyl (C=O) groups is 1. The zero-order valence-corrected chi connectivity index (χ0v) is 12.3. The fourth-order valence-corrected chi connectivity index (χ4v) is 2.95. The number of hydrogen-bond donors (Lipinski definition) is 1. The average molecular weight is 304 g/mol. The third-order valence-corrected chi connectivity index (χ3v) is 4.39. The van der Waals surface area contributed by atoms with E-state index in [9.17, 15) is 14.9 Å². The van der Waals surface area contributed by atoms with E-state index in [1.54, 1.807) is 6.07 Å². The summed E-state index contributed by atoms with van der Waals surface area (Å²) in [7, 11) is 0.